The van der Waals surface area contributed by atoms with Gasteiger partial charge >= 0.3 is 5.97 Å². The molecule has 5 nitrogen and oxygen atoms in total. The minimum atomic E-state index is -0.773. The number of methoxy groups -OCH3 is 2. The second kappa shape index (κ2) is 7.45. The number of carbonyl (C=O) groups is 1. The Bertz CT molecular complexity index is 735. The highest BCUT2D eigenvalue weighted by Crippen LogP contribution is 2.45. The second-order valence-corrected chi connectivity index (χ2v) is 7.13. The van der Waals surface area contributed by atoms with Crippen molar-refractivity contribution in [3.05, 3.63) is 45.6 Å². The lowest BCUT2D eigenvalue weighted by Gasteiger charge is -2.33. The van der Waals surface area contributed by atoms with E-state index in [1.54, 1.807) is 25.6 Å². The average molecular weight is 361 g/mol. The molecule has 1 N–H and O–H groups in total. The first kappa shape index (κ1) is 17.8. The summed E-state index contributed by atoms with van der Waals surface area (Å²) >= 11 is 1.65. The molecule has 2 heterocycles. The van der Waals surface area contributed by atoms with Crippen LogP contribution < -0.4 is 9.47 Å². The minimum absolute atomic E-state index is 0.199. The molecular weight excluding hydrogens is 338 g/mol. The monoisotopic (exact) mass is 361 g/mol. The number of aliphatic carboxylic acids is 1. The number of carboxylic acids is 1. The average Bonchev–Trinajstić information content (AvgIpc) is 3.25. The Morgan fingerprint density at radius 2 is 1.96 bits per heavy atom. The molecule has 0 amide bonds. The highest BCUT2D eigenvalue weighted by Gasteiger charge is 2.40. The number of benzene rings is 1. The van der Waals surface area contributed by atoms with Gasteiger partial charge in [-0.2, -0.15) is 0 Å². The first-order valence-corrected chi connectivity index (χ1v) is 9.19. The number of rotatable bonds is 6. The Morgan fingerprint density at radius 1 is 1.28 bits per heavy atom. The van der Waals surface area contributed by atoms with E-state index >= 15 is 0 Å². The van der Waals surface area contributed by atoms with Gasteiger partial charge in [-0.05, 0) is 48.9 Å². The predicted octanol–water partition coefficient (Wildman–Crippen LogP) is 3.71. The number of hydrogen-bond acceptors (Lipinski definition) is 5. The zero-order valence-corrected chi connectivity index (χ0v) is 15.5. The summed E-state index contributed by atoms with van der Waals surface area (Å²) in [5.41, 5.74) is 2.05. The van der Waals surface area contributed by atoms with Crippen molar-refractivity contribution in [2.75, 3.05) is 20.8 Å². The molecule has 134 valence electrons. The SMILES string of the molecule is COc1cccc(OC)c1C(c1sccc1C)N1CCCC1C(=O)O. The highest BCUT2D eigenvalue weighted by atomic mass is 32.1. The van der Waals surface area contributed by atoms with Crippen molar-refractivity contribution in [3.63, 3.8) is 0 Å². The maximum atomic E-state index is 11.8. The van der Waals surface area contributed by atoms with E-state index in [1.807, 2.05) is 23.6 Å². The van der Waals surface area contributed by atoms with E-state index in [1.165, 1.54) is 0 Å². The second-order valence-electron chi connectivity index (χ2n) is 6.18. The molecular formula is C19H23NO4S. The van der Waals surface area contributed by atoms with E-state index < -0.39 is 12.0 Å². The van der Waals surface area contributed by atoms with E-state index in [4.69, 9.17) is 9.47 Å². The molecule has 0 radical (unpaired) electrons. The molecule has 1 aromatic carbocycles. The van der Waals surface area contributed by atoms with Crippen LogP contribution in [0.15, 0.2) is 29.6 Å². The van der Waals surface area contributed by atoms with Crippen molar-refractivity contribution in [2.24, 2.45) is 0 Å². The Morgan fingerprint density at radius 3 is 2.48 bits per heavy atom. The maximum Gasteiger partial charge on any atom is 0.320 e. The molecule has 0 spiro atoms. The van der Waals surface area contributed by atoms with Gasteiger partial charge in [-0.25, -0.2) is 0 Å². The third-order valence-electron chi connectivity index (χ3n) is 4.80. The normalized spacial score (nSPS) is 18.9. The van der Waals surface area contributed by atoms with Gasteiger partial charge in [-0.3, -0.25) is 9.69 Å². The molecule has 1 saturated heterocycles. The van der Waals surface area contributed by atoms with Gasteiger partial charge in [0.15, 0.2) is 0 Å². The number of carboxylic acid groups (broad SMARTS) is 1. The summed E-state index contributed by atoms with van der Waals surface area (Å²) in [5.74, 6) is 0.659. The van der Waals surface area contributed by atoms with Crippen LogP contribution in [-0.4, -0.2) is 42.8 Å². The molecule has 0 aliphatic carbocycles. The van der Waals surface area contributed by atoms with Crippen molar-refractivity contribution in [3.8, 4) is 11.5 Å². The van der Waals surface area contributed by atoms with Crippen molar-refractivity contribution in [1.29, 1.82) is 0 Å². The van der Waals surface area contributed by atoms with Gasteiger partial charge in [-0.1, -0.05) is 6.07 Å². The Hall–Kier alpha value is -2.05. The molecule has 0 bridgehead atoms. The number of aryl methyl sites for hydroxylation is 1. The van der Waals surface area contributed by atoms with E-state index in [9.17, 15) is 9.90 Å². The third-order valence-corrected chi connectivity index (χ3v) is 5.87. The van der Waals surface area contributed by atoms with E-state index in [0.717, 1.165) is 29.0 Å². The minimum Gasteiger partial charge on any atom is -0.496 e. The van der Waals surface area contributed by atoms with Crippen molar-refractivity contribution >= 4 is 17.3 Å². The summed E-state index contributed by atoms with van der Waals surface area (Å²) < 4.78 is 11.2. The quantitative estimate of drug-likeness (QED) is 0.850. The number of ether oxygens (including phenoxy) is 2. The van der Waals surface area contributed by atoms with Gasteiger partial charge in [0.25, 0.3) is 0 Å². The number of thiophene rings is 1. The van der Waals surface area contributed by atoms with Crippen LogP contribution in [0.1, 0.15) is 34.9 Å². The smallest absolute Gasteiger partial charge is 0.320 e. The molecule has 2 atom stereocenters. The third kappa shape index (κ3) is 3.24. The molecule has 6 heteroatoms. The summed E-state index contributed by atoms with van der Waals surface area (Å²) in [4.78, 5) is 15.0. The summed E-state index contributed by atoms with van der Waals surface area (Å²) in [6.45, 7) is 2.80. The van der Waals surface area contributed by atoms with Gasteiger partial charge in [0.2, 0.25) is 0 Å². The van der Waals surface area contributed by atoms with Crippen LogP contribution in [-0.2, 0) is 4.79 Å². The number of nitrogens with zero attached hydrogens (tertiary/aromatic N) is 1. The summed E-state index contributed by atoms with van der Waals surface area (Å²) in [7, 11) is 3.27. The van der Waals surface area contributed by atoms with E-state index in [-0.39, 0.29) is 6.04 Å². The van der Waals surface area contributed by atoms with Crippen molar-refractivity contribution in [2.45, 2.75) is 31.8 Å². The first-order chi connectivity index (χ1) is 12.1. The van der Waals surface area contributed by atoms with Crippen LogP contribution in [0.4, 0.5) is 0 Å². The summed E-state index contributed by atoms with van der Waals surface area (Å²) in [6.07, 6.45) is 1.53. The maximum absolute atomic E-state index is 11.8. The molecule has 25 heavy (non-hydrogen) atoms. The largest absolute Gasteiger partial charge is 0.496 e. The molecule has 1 aliphatic rings. The fourth-order valence-electron chi connectivity index (χ4n) is 3.62. The van der Waals surface area contributed by atoms with Crippen molar-refractivity contribution in [1.82, 2.24) is 4.90 Å². The zero-order valence-electron chi connectivity index (χ0n) is 14.7. The van der Waals surface area contributed by atoms with Gasteiger partial charge in [0.05, 0.1) is 25.8 Å². The van der Waals surface area contributed by atoms with Gasteiger partial charge in [-0.15, -0.1) is 11.3 Å². The lowest BCUT2D eigenvalue weighted by atomic mass is 9.98. The van der Waals surface area contributed by atoms with Gasteiger partial charge < -0.3 is 14.6 Å². The number of likely N-dealkylation sites (tertiary alicyclic amines) is 1. The Labute approximate surface area is 151 Å². The molecule has 1 fully saturated rings. The Balaban J connectivity index is 2.20. The molecule has 0 saturated carbocycles. The van der Waals surface area contributed by atoms with Crippen molar-refractivity contribution < 1.29 is 19.4 Å². The predicted molar refractivity (Wildman–Crippen MR) is 97.8 cm³/mol. The van der Waals surface area contributed by atoms with Crippen LogP contribution in [0, 0.1) is 6.92 Å². The van der Waals surface area contributed by atoms with Crippen LogP contribution in [0.2, 0.25) is 0 Å². The highest BCUT2D eigenvalue weighted by molar-refractivity contribution is 7.10. The summed E-state index contributed by atoms with van der Waals surface area (Å²) in [5, 5.41) is 11.7. The van der Waals surface area contributed by atoms with E-state index in [2.05, 4.69) is 17.9 Å². The Kier molecular flexibility index (Phi) is 5.30. The molecule has 2 unspecified atom stereocenters. The number of hydrogen-bond donors (Lipinski definition) is 1. The summed E-state index contributed by atoms with van der Waals surface area (Å²) in [6, 6.07) is 7.06. The van der Waals surface area contributed by atoms with Crippen LogP contribution in [0.25, 0.3) is 0 Å². The lowest BCUT2D eigenvalue weighted by Crippen LogP contribution is -2.39. The van der Waals surface area contributed by atoms with Gasteiger partial charge in [0.1, 0.15) is 17.5 Å². The molecule has 1 aliphatic heterocycles. The first-order valence-electron chi connectivity index (χ1n) is 8.32. The van der Waals surface area contributed by atoms with Gasteiger partial charge in [0, 0.05) is 11.4 Å². The molecule has 1 aromatic heterocycles. The lowest BCUT2D eigenvalue weighted by molar-refractivity contribution is -0.142. The van der Waals surface area contributed by atoms with E-state index in [0.29, 0.717) is 17.9 Å². The van der Waals surface area contributed by atoms with Crippen LogP contribution >= 0.6 is 11.3 Å². The standard InChI is InChI=1S/C19H23NO4S/c1-12-9-11-25-18(12)17(20-10-5-6-13(20)19(21)22)16-14(23-2)7-4-8-15(16)24-3/h4,7-9,11,13,17H,5-6,10H2,1-3H3,(H,21,22). The topological polar surface area (TPSA) is 59.0 Å². The van der Waals surface area contributed by atoms with Crippen LogP contribution in [0.5, 0.6) is 11.5 Å². The zero-order chi connectivity index (χ0) is 18.0. The fraction of sp³-hybridized carbons (Fsp3) is 0.421. The molecule has 2 aromatic rings. The molecule has 3 rings (SSSR count). The van der Waals surface area contributed by atoms with Crippen LogP contribution in [0.3, 0.4) is 0 Å². The fourth-order valence-corrected chi connectivity index (χ4v) is 4.68.